The number of ketones is 1. The lowest BCUT2D eigenvalue weighted by atomic mass is 9.93. The van der Waals surface area contributed by atoms with E-state index in [0.29, 0.717) is 29.7 Å². The Balaban J connectivity index is 2.15. The fourth-order valence-corrected chi connectivity index (χ4v) is 3.89. The molecular formula is C25H27NO6. The van der Waals surface area contributed by atoms with Crippen LogP contribution in [-0.4, -0.2) is 55.0 Å². The molecule has 0 radical (unpaired) electrons. The molecule has 2 aromatic carbocycles. The average Bonchev–Trinajstić information content (AvgIpc) is 3.05. The molecule has 1 N–H and O–H groups in total. The Labute approximate surface area is 187 Å². The molecule has 0 aliphatic carbocycles. The van der Waals surface area contributed by atoms with E-state index in [2.05, 4.69) is 0 Å². The highest BCUT2D eigenvalue weighted by molar-refractivity contribution is 6.46. The maximum absolute atomic E-state index is 13.1. The minimum atomic E-state index is -0.779. The van der Waals surface area contributed by atoms with Gasteiger partial charge in [0.05, 0.1) is 24.3 Å². The zero-order valence-electron chi connectivity index (χ0n) is 18.7. The van der Waals surface area contributed by atoms with Crippen molar-refractivity contribution >= 4 is 23.4 Å². The Bertz CT molecular complexity index is 1070. The number of esters is 1. The van der Waals surface area contributed by atoms with Gasteiger partial charge in [-0.1, -0.05) is 29.8 Å². The van der Waals surface area contributed by atoms with E-state index in [4.69, 9.17) is 9.47 Å². The summed E-state index contributed by atoms with van der Waals surface area (Å²) in [6.45, 7) is 4.44. The predicted octanol–water partition coefficient (Wildman–Crippen LogP) is 3.55. The zero-order valence-corrected chi connectivity index (χ0v) is 18.7. The molecule has 1 unspecified atom stereocenters. The molecular weight excluding hydrogens is 410 g/mol. The van der Waals surface area contributed by atoms with E-state index < -0.39 is 23.7 Å². The van der Waals surface area contributed by atoms with E-state index >= 15 is 0 Å². The van der Waals surface area contributed by atoms with Gasteiger partial charge < -0.3 is 19.5 Å². The van der Waals surface area contributed by atoms with E-state index in [-0.39, 0.29) is 17.9 Å². The van der Waals surface area contributed by atoms with Gasteiger partial charge in [0.2, 0.25) is 0 Å². The van der Waals surface area contributed by atoms with Gasteiger partial charge in [-0.05, 0) is 49.6 Å². The molecule has 2 aromatic rings. The van der Waals surface area contributed by atoms with Crippen LogP contribution >= 0.6 is 0 Å². The normalized spacial score (nSPS) is 17.6. The fourth-order valence-electron chi connectivity index (χ4n) is 3.89. The number of rotatable bonds is 7. The number of carbonyl (C=O) groups is 3. The third-order valence-corrected chi connectivity index (χ3v) is 5.58. The number of ether oxygens (including phenoxy) is 2. The molecule has 1 amide bonds. The topological polar surface area (TPSA) is 93.1 Å². The summed E-state index contributed by atoms with van der Waals surface area (Å²) < 4.78 is 9.84. The first-order valence-corrected chi connectivity index (χ1v) is 10.3. The van der Waals surface area contributed by atoms with Crippen LogP contribution in [0.15, 0.2) is 48.0 Å². The van der Waals surface area contributed by atoms with Crippen LogP contribution in [0.5, 0.6) is 0 Å². The van der Waals surface area contributed by atoms with E-state index in [1.807, 2.05) is 26.0 Å². The first kappa shape index (κ1) is 23.2. The van der Waals surface area contributed by atoms with Gasteiger partial charge in [0.1, 0.15) is 5.76 Å². The van der Waals surface area contributed by atoms with E-state index in [1.54, 1.807) is 37.4 Å². The number of aliphatic hydroxyl groups excluding tert-OH is 1. The Hall–Kier alpha value is -3.45. The first-order chi connectivity index (χ1) is 15.3. The molecule has 1 saturated heterocycles. The molecule has 0 saturated carbocycles. The van der Waals surface area contributed by atoms with Crippen molar-refractivity contribution in [1.82, 2.24) is 4.90 Å². The number of carbonyl (C=O) groups excluding carboxylic acids is 3. The molecule has 7 heteroatoms. The maximum atomic E-state index is 13.1. The molecule has 1 atom stereocenters. The molecule has 1 aliphatic heterocycles. The lowest BCUT2D eigenvalue weighted by molar-refractivity contribution is -0.140. The summed E-state index contributed by atoms with van der Waals surface area (Å²) in [6, 6.07) is 11.3. The number of nitrogens with zero attached hydrogens (tertiary/aromatic N) is 1. The van der Waals surface area contributed by atoms with E-state index in [9.17, 15) is 19.5 Å². The monoisotopic (exact) mass is 437 g/mol. The Kier molecular flexibility index (Phi) is 7.10. The standard InChI is InChI=1S/C25H27NO6/c1-15-6-7-16(2)19(14-15)22(27)20-21(17-8-10-18(11-9-17)25(30)32-4)26(12-5-13-31-3)24(29)23(20)28/h6-11,14,21,27H,5,12-13H2,1-4H3/b22-20+. The summed E-state index contributed by atoms with van der Waals surface area (Å²) in [5.74, 6) is -2.10. The SMILES string of the molecule is COCCCN1C(=O)C(=O)/C(=C(/O)c2cc(C)ccc2C)C1c1ccc(C(=O)OC)cc1. The lowest BCUT2D eigenvalue weighted by Gasteiger charge is -2.25. The van der Waals surface area contributed by atoms with Gasteiger partial charge in [0.25, 0.3) is 11.7 Å². The second-order valence-electron chi connectivity index (χ2n) is 7.77. The highest BCUT2D eigenvalue weighted by Gasteiger charge is 2.45. The first-order valence-electron chi connectivity index (χ1n) is 10.3. The number of benzene rings is 2. The fraction of sp³-hybridized carbons (Fsp3) is 0.320. The van der Waals surface area contributed by atoms with Crippen LogP contribution in [0.2, 0.25) is 0 Å². The van der Waals surface area contributed by atoms with Gasteiger partial charge in [-0.2, -0.15) is 0 Å². The largest absolute Gasteiger partial charge is 0.507 e. The van der Waals surface area contributed by atoms with E-state index in [1.165, 1.54) is 12.0 Å². The maximum Gasteiger partial charge on any atom is 0.337 e. The summed E-state index contributed by atoms with van der Waals surface area (Å²) in [6.07, 6.45) is 0.532. The van der Waals surface area contributed by atoms with Gasteiger partial charge in [0, 0.05) is 25.8 Å². The highest BCUT2D eigenvalue weighted by atomic mass is 16.5. The molecule has 1 aliphatic rings. The van der Waals surface area contributed by atoms with Crippen LogP contribution in [0.1, 0.15) is 45.1 Å². The minimum Gasteiger partial charge on any atom is -0.507 e. The van der Waals surface area contributed by atoms with Gasteiger partial charge in [-0.3, -0.25) is 9.59 Å². The molecule has 1 fully saturated rings. The van der Waals surface area contributed by atoms with Crippen LogP contribution < -0.4 is 0 Å². The number of hydrogen-bond acceptors (Lipinski definition) is 6. The number of methoxy groups -OCH3 is 2. The number of amides is 1. The molecule has 3 rings (SSSR count). The van der Waals surface area contributed by atoms with Crippen molar-refractivity contribution in [1.29, 1.82) is 0 Å². The molecule has 0 bridgehead atoms. The van der Waals surface area contributed by atoms with Crippen LogP contribution in [0, 0.1) is 13.8 Å². The molecule has 1 heterocycles. The van der Waals surface area contributed by atoms with Crippen molar-refractivity contribution in [3.05, 3.63) is 75.9 Å². The van der Waals surface area contributed by atoms with Crippen LogP contribution in [0.3, 0.4) is 0 Å². The summed E-state index contributed by atoms with van der Waals surface area (Å²) in [4.78, 5) is 39.2. The third-order valence-electron chi connectivity index (χ3n) is 5.58. The number of hydrogen-bond donors (Lipinski definition) is 1. The molecule has 7 nitrogen and oxygen atoms in total. The van der Waals surface area contributed by atoms with Crippen LogP contribution in [0.4, 0.5) is 0 Å². The van der Waals surface area contributed by atoms with Crippen molar-refractivity contribution in [2.75, 3.05) is 27.4 Å². The Morgan fingerprint density at radius 1 is 1.06 bits per heavy atom. The van der Waals surface area contributed by atoms with Gasteiger partial charge >= 0.3 is 5.97 Å². The minimum absolute atomic E-state index is 0.0342. The highest BCUT2D eigenvalue weighted by Crippen LogP contribution is 2.40. The third kappa shape index (κ3) is 4.43. The molecule has 32 heavy (non-hydrogen) atoms. The summed E-state index contributed by atoms with van der Waals surface area (Å²) >= 11 is 0. The smallest absolute Gasteiger partial charge is 0.337 e. The van der Waals surface area contributed by atoms with Crippen molar-refractivity contribution in [3.8, 4) is 0 Å². The van der Waals surface area contributed by atoms with Gasteiger partial charge in [0.15, 0.2) is 0 Å². The predicted molar refractivity (Wildman–Crippen MR) is 119 cm³/mol. The number of aryl methyl sites for hydroxylation is 2. The zero-order chi connectivity index (χ0) is 23.4. The van der Waals surface area contributed by atoms with Gasteiger partial charge in [-0.15, -0.1) is 0 Å². The van der Waals surface area contributed by atoms with Crippen LogP contribution in [0.25, 0.3) is 5.76 Å². The van der Waals surface area contributed by atoms with E-state index in [0.717, 1.165) is 11.1 Å². The van der Waals surface area contributed by atoms with Crippen molar-refractivity contribution in [2.45, 2.75) is 26.3 Å². The summed E-state index contributed by atoms with van der Waals surface area (Å²) in [5.41, 5.74) is 3.22. The summed E-state index contributed by atoms with van der Waals surface area (Å²) in [5, 5.41) is 11.2. The van der Waals surface area contributed by atoms with Crippen molar-refractivity contribution in [3.63, 3.8) is 0 Å². The Morgan fingerprint density at radius 2 is 1.75 bits per heavy atom. The second kappa shape index (κ2) is 9.78. The molecule has 0 aromatic heterocycles. The van der Waals surface area contributed by atoms with Crippen LogP contribution in [-0.2, 0) is 19.1 Å². The van der Waals surface area contributed by atoms with Gasteiger partial charge in [-0.25, -0.2) is 4.79 Å². The number of likely N-dealkylation sites (tertiary alicyclic amines) is 1. The summed E-state index contributed by atoms with van der Waals surface area (Å²) in [7, 11) is 2.86. The Morgan fingerprint density at radius 3 is 2.38 bits per heavy atom. The number of Topliss-reactive ketones (excluding diaryl/α,β-unsaturated/α-hetero) is 1. The van der Waals surface area contributed by atoms with Crippen molar-refractivity contribution in [2.24, 2.45) is 0 Å². The second-order valence-corrected chi connectivity index (χ2v) is 7.77. The molecule has 0 spiro atoms. The average molecular weight is 437 g/mol. The lowest BCUT2D eigenvalue weighted by Crippen LogP contribution is -2.31. The van der Waals surface area contributed by atoms with Crippen molar-refractivity contribution < 1.29 is 29.0 Å². The molecule has 168 valence electrons. The quantitative estimate of drug-likeness (QED) is 0.234. The number of aliphatic hydroxyl groups is 1.